The number of barbiturate groups is 1. The van der Waals surface area contributed by atoms with Gasteiger partial charge in [-0.25, -0.2) is 9.69 Å². The molecular weight excluding hydrogens is 372 g/mol. The number of methoxy groups -OCH3 is 1. The molecule has 1 aliphatic rings. The first-order valence-corrected chi connectivity index (χ1v) is 9.15. The molecule has 7 heteroatoms. The molecule has 2 aromatic carbocycles. The van der Waals surface area contributed by atoms with Crippen LogP contribution in [0, 0.1) is 13.8 Å². The lowest BCUT2D eigenvalue weighted by Gasteiger charge is -2.27. The lowest BCUT2D eigenvalue weighted by atomic mass is 10.0. The Bertz CT molecular complexity index is 1030. The number of ether oxygens (including phenoxy) is 2. The summed E-state index contributed by atoms with van der Waals surface area (Å²) in [4.78, 5) is 38.8. The third-order valence-corrected chi connectivity index (χ3v) is 4.51. The van der Waals surface area contributed by atoms with Crippen LogP contribution >= 0.6 is 0 Å². The maximum Gasteiger partial charge on any atom is 0.335 e. The number of rotatable bonds is 5. The molecule has 0 unspecified atom stereocenters. The van der Waals surface area contributed by atoms with Gasteiger partial charge in [-0.05, 0) is 61.7 Å². The van der Waals surface area contributed by atoms with Gasteiger partial charge in [-0.1, -0.05) is 18.2 Å². The van der Waals surface area contributed by atoms with Gasteiger partial charge in [0.15, 0.2) is 11.5 Å². The van der Waals surface area contributed by atoms with Gasteiger partial charge in [0.25, 0.3) is 11.8 Å². The Morgan fingerprint density at radius 3 is 2.48 bits per heavy atom. The van der Waals surface area contributed by atoms with Crippen molar-refractivity contribution in [1.29, 1.82) is 0 Å². The van der Waals surface area contributed by atoms with Gasteiger partial charge in [-0.2, -0.15) is 0 Å². The number of nitrogens with one attached hydrogen (secondary N) is 1. The third-order valence-electron chi connectivity index (χ3n) is 4.51. The molecule has 1 heterocycles. The second-order valence-electron chi connectivity index (χ2n) is 6.59. The average molecular weight is 394 g/mol. The Hall–Kier alpha value is -3.61. The summed E-state index contributed by atoms with van der Waals surface area (Å²) >= 11 is 0. The summed E-state index contributed by atoms with van der Waals surface area (Å²) in [6.07, 6.45) is 1.43. The van der Waals surface area contributed by atoms with Crippen molar-refractivity contribution in [3.05, 3.63) is 58.7 Å². The molecule has 1 N–H and O–H groups in total. The molecule has 3 rings (SSSR count). The van der Waals surface area contributed by atoms with Crippen molar-refractivity contribution in [2.45, 2.75) is 20.8 Å². The first kappa shape index (κ1) is 20.1. The van der Waals surface area contributed by atoms with E-state index in [1.165, 1.54) is 13.2 Å². The molecular formula is C22H22N2O5. The van der Waals surface area contributed by atoms with Crippen LogP contribution in [-0.4, -0.2) is 31.6 Å². The molecule has 0 spiro atoms. The zero-order chi connectivity index (χ0) is 21.1. The van der Waals surface area contributed by atoms with Gasteiger partial charge in [-0.3, -0.25) is 14.9 Å². The number of urea groups is 1. The van der Waals surface area contributed by atoms with Crippen LogP contribution in [0.2, 0.25) is 0 Å². The first-order valence-electron chi connectivity index (χ1n) is 9.15. The summed E-state index contributed by atoms with van der Waals surface area (Å²) in [5.74, 6) is -0.384. The van der Waals surface area contributed by atoms with Crippen molar-refractivity contribution in [3.8, 4) is 11.5 Å². The number of aryl methyl sites for hydroxylation is 2. The van der Waals surface area contributed by atoms with Crippen molar-refractivity contribution in [2.24, 2.45) is 0 Å². The van der Waals surface area contributed by atoms with Crippen LogP contribution in [-0.2, 0) is 9.59 Å². The van der Waals surface area contributed by atoms with Crippen LogP contribution in [0.25, 0.3) is 6.08 Å². The predicted molar refractivity (Wildman–Crippen MR) is 109 cm³/mol. The number of carbonyl (C=O) groups is 3. The zero-order valence-corrected chi connectivity index (χ0v) is 16.7. The number of hydrogen-bond acceptors (Lipinski definition) is 5. The molecule has 0 aromatic heterocycles. The van der Waals surface area contributed by atoms with Crippen molar-refractivity contribution in [2.75, 3.05) is 18.6 Å². The largest absolute Gasteiger partial charge is 0.493 e. The van der Waals surface area contributed by atoms with Gasteiger partial charge in [0.2, 0.25) is 0 Å². The maximum absolute atomic E-state index is 13.1. The molecule has 0 aliphatic carbocycles. The van der Waals surface area contributed by atoms with E-state index in [4.69, 9.17) is 9.47 Å². The average Bonchev–Trinajstić information content (AvgIpc) is 2.68. The number of benzene rings is 2. The van der Waals surface area contributed by atoms with E-state index in [1.54, 1.807) is 31.2 Å². The molecule has 29 heavy (non-hydrogen) atoms. The molecule has 0 radical (unpaired) electrons. The Kier molecular flexibility index (Phi) is 5.68. The molecule has 4 amide bonds. The lowest BCUT2D eigenvalue weighted by Crippen LogP contribution is -2.54. The fourth-order valence-corrected chi connectivity index (χ4v) is 3.05. The van der Waals surface area contributed by atoms with E-state index in [2.05, 4.69) is 5.32 Å². The van der Waals surface area contributed by atoms with E-state index < -0.39 is 17.8 Å². The highest BCUT2D eigenvalue weighted by Gasteiger charge is 2.37. The summed E-state index contributed by atoms with van der Waals surface area (Å²) in [6.45, 7) is 6.00. The Morgan fingerprint density at radius 2 is 1.79 bits per heavy atom. The topological polar surface area (TPSA) is 84.9 Å². The molecule has 0 saturated carbocycles. The number of hydrogen-bond donors (Lipinski definition) is 1. The molecule has 0 atom stereocenters. The molecule has 0 bridgehead atoms. The second-order valence-corrected chi connectivity index (χ2v) is 6.59. The molecule has 2 aromatic rings. The molecule has 7 nitrogen and oxygen atoms in total. The van der Waals surface area contributed by atoms with Crippen molar-refractivity contribution in [1.82, 2.24) is 5.32 Å². The van der Waals surface area contributed by atoms with E-state index in [9.17, 15) is 14.4 Å². The van der Waals surface area contributed by atoms with Crippen LogP contribution in [0.1, 0.15) is 23.6 Å². The van der Waals surface area contributed by atoms with E-state index in [0.29, 0.717) is 29.4 Å². The Balaban J connectivity index is 2.03. The lowest BCUT2D eigenvalue weighted by molar-refractivity contribution is -0.122. The number of nitrogens with zero attached hydrogens (tertiary/aromatic N) is 1. The van der Waals surface area contributed by atoms with Crippen LogP contribution in [0.15, 0.2) is 42.0 Å². The molecule has 1 aliphatic heterocycles. The Morgan fingerprint density at radius 1 is 1.03 bits per heavy atom. The van der Waals surface area contributed by atoms with Crippen LogP contribution < -0.4 is 19.7 Å². The number of imide groups is 2. The summed E-state index contributed by atoms with van der Waals surface area (Å²) in [7, 11) is 1.51. The maximum atomic E-state index is 13.1. The smallest absolute Gasteiger partial charge is 0.335 e. The summed E-state index contributed by atoms with van der Waals surface area (Å²) in [6, 6.07) is 9.75. The predicted octanol–water partition coefficient (Wildman–Crippen LogP) is 3.38. The standard InChI is InChI=1S/C22H22N2O5/c1-5-29-18-9-8-15(12-19(18)28-4)11-16-20(25)23-22(27)24(21(16)26)17-10-13(2)6-7-14(17)3/h6-12H,5H2,1-4H3,(H,23,25,27)/b16-11+. The SMILES string of the molecule is CCOc1ccc(/C=C2\C(=O)NC(=O)N(c3cc(C)ccc3C)C2=O)cc1OC. The highest BCUT2D eigenvalue weighted by molar-refractivity contribution is 6.39. The van der Waals surface area contributed by atoms with E-state index in [0.717, 1.165) is 16.0 Å². The second kappa shape index (κ2) is 8.18. The van der Waals surface area contributed by atoms with Gasteiger partial charge in [0, 0.05) is 0 Å². The van der Waals surface area contributed by atoms with Gasteiger partial charge >= 0.3 is 6.03 Å². The van der Waals surface area contributed by atoms with Crippen LogP contribution in [0.5, 0.6) is 11.5 Å². The van der Waals surface area contributed by atoms with Crippen molar-refractivity contribution in [3.63, 3.8) is 0 Å². The minimum Gasteiger partial charge on any atom is -0.493 e. The number of carbonyl (C=O) groups excluding carboxylic acids is 3. The quantitative estimate of drug-likeness (QED) is 0.621. The monoisotopic (exact) mass is 394 g/mol. The molecule has 1 fully saturated rings. The van der Waals surface area contributed by atoms with Gasteiger partial charge in [-0.15, -0.1) is 0 Å². The third kappa shape index (κ3) is 3.99. The molecule has 150 valence electrons. The molecule has 1 saturated heterocycles. The van der Waals surface area contributed by atoms with Crippen LogP contribution in [0.4, 0.5) is 10.5 Å². The van der Waals surface area contributed by atoms with Crippen LogP contribution in [0.3, 0.4) is 0 Å². The normalized spacial score (nSPS) is 15.5. The summed E-state index contributed by atoms with van der Waals surface area (Å²) < 4.78 is 10.8. The van der Waals surface area contributed by atoms with Gasteiger partial charge < -0.3 is 9.47 Å². The minimum atomic E-state index is -0.768. The summed E-state index contributed by atoms with van der Waals surface area (Å²) in [5, 5.41) is 2.24. The fraction of sp³-hybridized carbons (Fsp3) is 0.227. The zero-order valence-electron chi connectivity index (χ0n) is 16.7. The van der Waals surface area contributed by atoms with Gasteiger partial charge in [0.1, 0.15) is 5.57 Å². The highest BCUT2D eigenvalue weighted by Crippen LogP contribution is 2.30. The van der Waals surface area contributed by atoms with Gasteiger partial charge in [0.05, 0.1) is 19.4 Å². The highest BCUT2D eigenvalue weighted by atomic mass is 16.5. The fourth-order valence-electron chi connectivity index (χ4n) is 3.05. The van der Waals surface area contributed by atoms with E-state index in [1.807, 2.05) is 26.0 Å². The van der Waals surface area contributed by atoms with Crippen molar-refractivity contribution >= 4 is 29.6 Å². The van der Waals surface area contributed by atoms with E-state index >= 15 is 0 Å². The van der Waals surface area contributed by atoms with E-state index in [-0.39, 0.29) is 5.57 Å². The number of anilines is 1. The number of amides is 4. The first-order chi connectivity index (χ1) is 13.8. The minimum absolute atomic E-state index is 0.142. The summed E-state index contributed by atoms with van der Waals surface area (Å²) in [5.41, 5.74) is 2.51. The van der Waals surface area contributed by atoms with Crippen molar-refractivity contribution < 1.29 is 23.9 Å². The Labute approximate surface area is 168 Å².